The molecule has 1 heterocycles. The molecule has 1 aromatic heterocycles. The average molecular weight is 332 g/mol. The van der Waals surface area contributed by atoms with Gasteiger partial charge in [-0.05, 0) is 43.2 Å². The van der Waals surface area contributed by atoms with Crippen molar-refractivity contribution in [3.8, 4) is 0 Å². The molecule has 0 unspecified atom stereocenters. The van der Waals surface area contributed by atoms with Gasteiger partial charge in [-0.3, -0.25) is 4.79 Å². The Morgan fingerprint density at radius 1 is 1.17 bits per heavy atom. The van der Waals surface area contributed by atoms with Crippen LogP contribution in [0.15, 0.2) is 42.6 Å². The Balaban J connectivity index is 2.07. The zero-order valence-electron chi connectivity index (χ0n) is 13.6. The summed E-state index contributed by atoms with van der Waals surface area (Å²) in [6, 6.07) is 10.8. The van der Waals surface area contributed by atoms with E-state index < -0.39 is 0 Å². The van der Waals surface area contributed by atoms with Crippen molar-refractivity contribution >= 4 is 28.9 Å². The second kappa shape index (κ2) is 8.53. The van der Waals surface area contributed by atoms with Gasteiger partial charge in [0, 0.05) is 23.8 Å². The van der Waals surface area contributed by atoms with Crippen molar-refractivity contribution in [2.24, 2.45) is 0 Å². The molecule has 4 nitrogen and oxygen atoms in total. The maximum absolute atomic E-state index is 12.2. The lowest BCUT2D eigenvalue weighted by atomic mass is 10.2. The molecule has 5 heteroatoms. The van der Waals surface area contributed by atoms with Gasteiger partial charge in [0.2, 0.25) is 0 Å². The third-order valence-electron chi connectivity index (χ3n) is 3.42. The van der Waals surface area contributed by atoms with Crippen molar-refractivity contribution in [2.75, 3.05) is 23.3 Å². The van der Waals surface area contributed by atoms with Crippen LogP contribution in [0, 0.1) is 0 Å². The van der Waals surface area contributed by atoms with Crippen LogP contribution in [0.3, 0.4) is 0 Å². The Hall–Kier alpha value is -2.07. The fraction of sp³-hybridized carbons (Fsp3) is 0.333. The van der Waals surface area contributed by atoms with E-state index in [9.17, 15) is 4.79 Å². The zero-order valence-corrected chi connectivity index (χ0v) is 14.3. The third-order valence-corrected chi connectivity index (χ3v) is 3.65. The van der Waals surface area contributed by atoms with Crippen molar-refractivity contribution in [1.29, 1.82) is 0 Å². The molecule has 0 bridgehead atoms. The Bertz CT molecular complexity index is 637. The minimum atomic E-state index is -0.239. The fourth-order valence-electron chi connectivity index (χ4n) is 2.38. The average Bonchev–Trinajstić information content (AvgIpc) is 2.55. The number of hydrogen-bond acceptors (Lipinski definition) is 3. The highest BCUT2D eigenvalue weighted by Gasteiger charge is 2.10. The van der Waals surface area contributed by atoms with Crippen molar-refractivity contribution in [2.45, 2.75) is 26.7 Å². The van der Waals surface area contributed by atoms with Gasteiger partial charge in [-0.25, -0.2) is 4.98 Å². The topological polar surface area (TPSA) is 45.2 Å². The third kappa shape index (κ3) is 4.96. The highest BCUT2D eigenvalue weighted by atomic mass is 35.5. The summed E-state index contributed by atoms with van der Waals surface area (Å²) in [4.78, 5) is 18.8. The number of aromatic nitrogens is 1. The molecule has 1 amide bonds. The Morgan fingerprint density at radius 3 is 2.48 bits per heavy atom. The van der Waals surface area contributed by atoms with Gasteiger partial charge in [0.05, 0.1) is 11.9 Å². The second-order valence-corrected chi connectivity index (χ2v) is 5.79. The number of halogens is 1. The van der Waals surface area contributed by atoms with Gasteiger partial charge < -0.3 is 10.2 Å². The summed E-state index contributed by atoms with van der Waals surface area (Å²) >= 11 is 5.92. The van der Waals surface area contributed by atoms with Crippen molar-refractivity contribution in [3.63, 3.8) is 0 Å². The summed E-state index contributed by atoms with van der Waals surface area (Å²) in [5.41, 5.74) is 2.10. The molecule has 122 valence electrons. The number of carbonyl (C=O) groups is 1. The number of rotatable bonds is 7. The van der Waals surface area contributed by atoms with E-state index in [0.29, 0.717) is 16.4 Å². The van der Waals surface area contributed by atoms with Crippen LogP contribution in [0.2, 0.25) is 5.02 Å². The van der Waals surface area contributed by atoms with Crippen LogP contribution in [0.5, 0.6) is 0 Å². The predicted octanol–water partition coefficient (Wildman–Crippen LogP) is 4.61. The number of pyridine rings is 1. The van der Waals surface area contributed by atoms with Crippen molar-refractivity contribution < 1.29 is 4.79 Å². The van der Waals surface area contributed by atoms with E-state index in [1.165, 1.54) is 0 Å². The van der Waals surface area contributed by atoms with Crippen molar-refractivity contribution in [1.82, 2.24) is 4.98 Å². The van der Waals surface area contributed by atoms with Gasteiger partial charge in [-0.1, -0.05) is 31.5 Å². The highest BCUT2D eigenvalue weighted by molar-refractivity contribution is 6.30. The first-order valence-electron chi connectivity index (χ1n) is 7.92. The maximum Gasteiger partial charge on any atom is 0.274 e. The van der Waals surface area contributed by atoms with Gasteiger partial charge in [0.25, 0.3) is 5.91 Å². The van der Waals surface area contributed by atoms with E-state index >= 15 is 0 Å². The summed E-state index contributed by atoms with van der Waals surface area (Å²) in [5.74, 6) is -0.239. The first kappa shape index (κ1) is 17.3. The van der Waals surface area contributed by atoms with E-state index in [0.717, 1.165) is 31.6 Å². The molecular weight excluding hydrogens is 310 g/mol. The number of hydrogen-bond donors (Lipinski definition) is 1. The number of amides is 1. The minimum absolute atomic E-state index is 0.239. The highest BCUT2D eigenvalue weighted by Crippen LogP contribution is 2.17. The van der Waals surface area contributed by atoms with Crippen LogP contribution in [0.25, 0.3) is 0 Å². The Kier molecular flexibility index (Phi) is 6.41. The molecule has 0 aliphatic rings. The molecule has 0 aliphatic heterocycles. The molecule has 23 heavy (non-hydrogen) atoms. The second-order valence-electron chi connectivity index (χ2n) is 5.35. The molecule has 0 aliphatic carbocycles. The van der Waals surface area contributed by atoms with Crippen LogP contribution in [0.1, 0.15) is 37.2 Å². The number of nitrogens with zero attached hydrogens (tertiary/aromatic N) is 2. The van der Waals surface area contributed by atoms with E-state index in [1.54, 1.807) is 36.5 Å². The molecule has 2 rings (SSSR count). The normalized spacial score (nSPS) is 10.4. The number of anilines is 2. The molecule has 1 aromatic carbocycles. The van der Waals surface area contributed by atoms with E-state index in [-0.39, 0.29) is 5.91 Å². The zero-order chi connectivity index (χ0) is 16.7. The Labute approximate surface area is 142 Å². The lowest BCUT2D eigenvalue weighted by molar-refractivity contribution is 0.102. The van der Waals surface area contributed by atoms with Crippen LogP contribution in [-0.2, 0) is 0 Å². The molecule has 0 atom stereocenters. The number of benzene rings is 1. The molecule has 0 radical (unpaired) electrons. The number of carbonyl (C=O) groups excluding carboxylic acids is 1. The summed E-state index contributed by atoms with van der Waals surface area (Å²) in [6.45, 7) is 6.29. The molecule has 0 saturated carbocycles. The van der Waals surface area contributed by atoms with Gasteiger partial charge >= 0.3 is 0 Å². The smallest absolute Gasteiger partial charge is 0.274 e. The maximum atomic E-state index is 12.2. The van der Waals surface area contributed by atoms with Gasteiger partial charge in [-0.15, -0.1) is 0 Å². The summed E-state index contributed by atoms with van der Waals surface area (Å²) in [6.07, 6.45) is 3.92. The minimum Gasteiger partial charge on any atom is -0.370 e. The predicted molar refractivity (Wildman–Crippen MR) is 96.4 cm³/mol. The molecule has 0 saturated heterocycles. The standard InChI is InChI=1S/C18H22ClN3O/c1-3-10-22(11-4-2)16-8-9-17(20-13-16)18(23)21-15-7-5-6-14(19)12-15/h5-9,12-13H,3-4,10-11H2,1-2H3,(H,21,23). The van der Waals surface area contributed by atoms with Crippen LogP contribution >= 0.6 is 11.6 Å². The van der Waals surface area contributed by atoms with Gasteiger partial charge in [0.15, 0.2) is 0 Å². The summed E-state index contributed by atoms with van der Waals surface area (Å²) < 4.78 is 0. The quantitative estimate of drug-likeness (QED) is 0.805. The van der Waals surface area contributed by atoms with E-state index in [1.807, 2.05) is 6.07 Å². The monoisotopic (exact) mass is 331 g/mol. The largest absolute Gasteiger partial charge is 0.370 e. The van der Waals surface area contributed by atoms with Crippen LogP contribution < -0.4 is 10.2 Å². The van der Waals surface area contributed by atoms with E-state index in [2.05, 4.69) is 29.0 Å². The Morgan fingerprint density at radius 2 is 1.91 bits per heavy atom. The van der Waals surface area contributed by atoms with E-state index in [4.69, 9.17) is 11.6 Å². The molecule has 0 fully saturated rings. The lowest BCUT2D eigenvalue weighted by Crippen LogP contribution is -2.25. The first-order valence-corrected chi connectivity index (χ1v) is 8.29. The van der Waals surface area contributed by atoms with Crippen LogP contribution in [-0.4, -0.2) is 24.0 Å². The first-order chi connectivity index (χ1) is 11.1. The molecule has 0 spiro atoms. The summed E-state index contributed by atoms with van der Waals surface area (Å²) in [7, 11) is 0. The SMILES string of the molecule is CCCN(CCC)c1ccc(C(=O)Nc2cccc(Cl)c2)nc1. The van der Waals surface area contributed by atoms with Gasteiger partial charge in [-0.2, -0.15) is 0 Å². The van der Waals surface area contributed by atoms with Crippen molar-refractivity contribution in [3.05, 3.63) is 53.3 Å². The lowest BCUT2D eigenvalue weighted by Gasteiger charge is -2.23. The molecule has 1 N–H and O–H groups in total. The van der Waals surface area contributed by atoms with Crippen LogP contribution in [0.4, 0.5) is 11.4 Å². The number of nitrogens with one attached hydrogen (secondary N) is 1. The molecule has 2 aromatic rings. The fourth-order valence-corrected chi connectivity index (χ4v) is 2.57. The van der Waals surface area contributed by atoms with Gasteiger partial charge in [0.1, 0.15) is 5.69 Å². The summed E-state index contributed by atoms with van der Waals surface area (Å²) in [5, 5.41) is 3.38. The molecular formula is C18H22ClN3O.